The van der Waals surface area contributed by atoms with E-state index in [0.29, 0.717) is 5.92 Å². The molecule has 20 heavy (non-hydrogen) atoms. The third kappa shape index (κ3) is 4.00. The maximum Gasteiger partial charge on any atom is 0.253 e. The number of hydrogen-bond donors (Lipinski definition) is 1. The molecule has 0 aliphatic carbocycles. The van der Waals surface area contributed by atoms with Gasteiger partial charge in [-0.25, -0.2) is 0 Å². The van der Waals surface area contributed by atoms with Crippen molar-refractivity contribution in [2.75, 3.05) is 25.4 Å². The van der Waals surface area contributed by atoms with E-state index in [4.69, 9.17) is 5.11 Å². The van der Waals surface area contributed by atoms with Crippen LogP contribution in [0.15, 0.2) is 24.3 Å². The van der Waals surface area contributed by atoms with Gasteiger partial charge < -0.3 is 10.0 Å². The number of hydrogen-bond acceptors (Lipinski definition) is 3. The molecule has 1 aliphatic rings. The number of benzene rings is 1. The molecule has 1 saturated heterocycles. The third-order valence-electron chi connectivity index (χ3n) is 3.83. The molecule has 1 aromatic carbocycles. The van der Waals surface area contributed by atoms with Crippen LogP contribution in [-0.2, 0) is 5.75 Å². The fourth-order valence-corrected chi connectivity index (χ4v) is 3.10. The number of carbonyl (C=O) groups excluding carboxylic acids is 1. The lowest BCUT2D eigenvalue weighted by Gasteiger charge is -2.31. The highest BCUT2D eigenvalue weighted by atomic mass is 32.2. The van der Waals surface area contributed by atoms with Gasteiger partial charge in [-0.1, -0.05) is 19.1 Å². The van der Waals surface area contributed by atoms with Gasteiger partial charge in [0.15, 0.2) is 0 Å². The maximum atomic E-state index is 12.4. The van der Waals surface area contributed by atoms with Gasteiger partial charge in [0, 0.05) is 31.0 Å². The third-order valence-corrected chi connectivity index (χ3v) is 4.78. The number of carbonyl (C=O) groups is 1. The summed E-state index contributed by atoms with van der Waals surface area (Å²) in [6, 6.07) is 7.98. The van der Waals surface area contributed by atoms with Crippen LogP contribution in [0.1, 0.15) is 35.7 Å². The zero-order valence-corrected chi connectivity index (χ0v) is 12.9. The van der Waals surface area contributed by atoms with E-state index >= 15 is 0 Å². The minimum atomic E-state index is 0.121. The van der Waals surface area contributed by atoms with Crippen LogP contribution < -0.4 is 0 Å². The second kappa shape index (κ2) is 7.70. The second-order valence-electron chi connectivity index (χ2n) is 5.25. The highest BCUT2D eigenvalue weighted by Gasteiger charge is 2.22. The SMILES string of the molecule is CCSCc1ccc(C(=O)N2CCC(CO)CC2)cc1. The molecule has 1 aromatic rings. The van der Waals surface area contributed by atoms with Crippen molar-refractivity contribution in [2.45, 2.75) is 25.5 Å². The molecule has 0 aromatic heterocycles. The normalized spacial score (nSPS) is 16.4. The second-order valence-corrected chi connectivity index (χ2v) is 6.53. The van der Waals surface area contributed by atoms with Gasteiger partial charge in [-0.3, -0.25) is 4.79 Å². The van der Waals surface area contributed by atoms with Crippen molar-refractivity contribution in [3.05, 3.63) is 35.4 Å². The quantitative estimate of drug-likeness (QED) is 0.907. The predicted molar refractivity (Wildman–Crippen MR) is 84.0 cm³/mol. The Labute approximate surface area is 125 Å². The monoisotopic (exact) mass is 293 g/mol. The highest BCUT2D eigenvalue weighted by molar-refractivity contribution is 7.98. The lowest BCUT2D eigenvalue weighted by molar-refractivity contribution is 0.0651. The van der Waals surface area contributed by atoms with Crippen molar-refractivity contribution in [2.24, 2.45) is 5.92 Å². The van der Waals surface area contributed by atoms with Gasteiger partial charge in [0.1, 0.15) is 0 Å². The van der Waals surface area contributed by atoms with Crippen LogP contribution in [0.2, 0.25) is 0 Å². The van der Waals surface area contributed by atoms with Gasteiger partial charge >= 0.3 is 0 Å². The zero-order chi connectivity index (χ0) is 14.4. The summed E-state index contributed by atoms with van der Waals surface area (Å²) in [5.41, 5.74) is 2.05. The summed E-state index contributed by atoms with van der Waals surface area (Å²) in [6.07, 6.45) is 1.82. The Morgan fingerprint density at radius 1 is 1.30 bits per heavy atom. The summed E-state index contributed by atoms with van der Waals surface area (Å²) < 4.78 is 0. The van der Waals surface area contributed by atoms with E-state index in [2.05, 4.69) is 19.1 Å². The van der Waals surface area contributed by atoms with Crippen molar-refractivity contribution in [1.29, 1.82) is 0 Å². The molecule has 1 fully saturated rings. The minimum Gasteiger partial charge on any atom is -0.396 e. The van der Waals surface area contributed by atoms with E-state index < -0.39 is 0 Å². The number of likely N-dealkylation sites (tertiary alicyclic amines) is 1. The molecule has 0 atom stereocenters. The molecule has 2 rings (SSSR count). The summed E-state index contributed by atoms with van der Waals surface area (Å²) in [5, 5.41) is 9.13. The summed E-state index contributed by atoms with van der Waals surface area (Å²) >= 11 is 1.89. The Kier molecular flexibility index (Phi) is 5.92. The summed E-state index contributed by atoms with van der Waals surface area (Å²) in [7, 11) is 0. The van der Waals surface area contributed by atoms with Crippen LogP contribution >= 0.6 is 11.8 Å². The lowest BCUT2D eigenvalue weighted by Crippen LogP contribution is -2.39. The van der Waals surface area contributed by atoms with Gasteiger partial charge in [-0.2, -0.15) is 11.8 Å². The number of aliphatic hydroxyl groups is 1. The van der Waals surface area contributed by atoms with Crippen molar-refractivity contribution in [1.82, 2.24) is 4.90 Å². The fourth-order valence-electron chi connectivity index (χ4n) is 2.46. The summed E-state index contributed by atoms with van der Waals surface area (Å²) in [4.78, 5) is 14.3. The molecule has 1 heterocycles. The fraction of sp³-hybridized carbons (Fsp3) is 0.562. The molecule has 1 amide bonds. The zero-order valence-electron chi connectivity index (χ0n) is 12.0. The summed E-state index contributed by atoms with van der Waals surface area (Å²) in [6.45, 7) is 3.92. The van der Waals surface area contributed by atoms with E-state index in [0.717, 1.165) is 43.0 Å². The van der Waals surface area contributed by atoms with Crippen molar-refractivity contribution >= 4 is 17.7 Å². The molecule has 110 valence electrons. The van der Waals surface area contributed by atoms with E-state index in [1.54, 1.807) is 0 Å². The first-order chi connectivity index (χ1) is 9.74. The Morgan fingerprint density at radius 2 is 1.95 bits per heavy atom. The number of amides is 1. The predicted octanol–water partition coefficient (Wildman–Crippen LogP) is 2.78. The first-order valence-corrected chi connectivity index (χ1v) is 8.47. The van der Waals surface area contributed by atoms with Crippen LogP contribution in [0.5, 0.6) is 0 Å². The molecule has 1 aliphatic heterocycles. The Balaban J connectivity index is 1.92. The number of nitrogens with zero attached hydrogens (tertiary/aromatic N) is 1. The summed E-state index contributed by atoms with van der Waals surface area (Å²) in [5.74, 6) is 2.61. The van der Waals surface area contributed by atoms with E-state index in [1.165, 1.54) is 5.56 Å². The van der Waals surface area contributed by atoms with Gasteiger partial charge in [-0.15, -0.1) is 0 Å². The molecule has 0 saturated carbocycles. The van der Waals surface area contributed by atoms with E-state index in [-0.39, 0.29) is 12.5 Å². The highest BCUT2D eigenvalue weighted by Crippen LogP contribution is 2.19. The molecule has 1 N–H and O–H groups in total. The lowest BCUT2D eigenvalue weighted by atomic mass is 9.97. The van der Waals surface area contributed by atoms with Gasteiger partial charge in [-0.05, 0) is 42.2 Å². The first kappa shape index (κ1) is 15.4. The van der Waals surface area contributed by atoms with E-state index in [1.807, 2.05) is 28.8 Å². The standard InChI is InChI=1S/C16H23NO2S/c1-2-20-12-14-3-5-15(6-4-14)16(19)17-9-7-13(11-18)8-10-17/h3-6,13,18H,2,7-12H2,1H3. The first-order valence-electron chi connectivity index (χ1n) is 7.31. The van der Waals surface area contributed by atoms with Crippen LogP contribution in [0.3, 0.4) is 0 Å². The van der Waals surface area contributed by atoms with E-state index in [9.17, 15) is 4.79 Å². The van der Waals surface area contributed by atoms with Gasteiger partial charge in [0.25, 0.3) is 5.91 Å². The van der Waals surface area contributed by atoms with Crippen LogP contribution in [0, 0.1) is 5.92 Å². The average molecular weight is 293 g/mol. The topological polar surface area (TPSA) is 40.5 Å². The molecule has 0 unspecified atom stereocenters. The Bertz CT molecular complexity index is 425. The van der Waals surface area contributed by atoms with Crippen molar-refractivity contribution < 1.29 is 9.90 Å². The molecule has 0 spiro atoms. The molecule has 0 radical (unpaired) electrons. The van der Waals surface area contributed by atoms with Crippen molar-refractivity contribution in [3.8, 4) is 0 Å². The van der Waals surface area contributed by atoms with Crippen LogP contribution in [-0.4, -0.2) is 41.4 Å². The number of rotatable bonds is 5. The van der Waals surface area contributed by atoms with Crippen LogP contribution in [0.25, 0.3) is 0 Å². The number of thioether (sulfide) groups is 1. The Hall–Kier alpha value is -1.00. The average Bonchev–Trinajstić information content (AvgIpc) is 2.53. The Morgan fingerprint density at radius 3 is 2.50 bits per heavy atom. The minimum absolute atomic E-state index is 0.121. The van der Waals surface area contributed by atoms with Gasteiger partial charge in [0.2, 0.25) is 0 Å². The molecular weight excluding hydrogens is 270 g/mol. The smallest absolute Gasteiger partial charge is 0.253 e. The van der Waals surface area contributed by atoms with Gasteiger partial charge in [0.05, 0.1) is 0 Å². The molecule has 0 bridgehead atoms. The molecular formula is C16H23NO2S. The number of piperidine rings is 1. The molecule has 4 heteroatoms. The van der Waals surface area contributed by atoms with Crippen molar-refractivity contribution in [3.63, 3.8) is 0 Å². The van der Waals surface area contributed by atoms with Crippen LogP contribution in [0.4, 0.5) is 0 Å². The largest absolute Gasteiger partial charge is 0.396 e. The molecule has 3 nitrogen and oxygen atoms in total. The maximum absolute atomic E-state index is 12.4. The number of aliphatic hydroxyl groups excluding tert-OH is 1.